The van der Waals surface area contributed by atoms with Gasteiger partial charge in [0.2, 0.25) is 0 Å². The molecule has 198 valence electrons. The Balaban J connectivity index is 0.000000732. The maximum atomic E-state index is 13.0. The van der Waals surface area contributed by atoms with Gasteiger partial charge in [-0.3, -0.25) is 9.69 Å². The molecule has 0 bridgehead atoms. The number of halogens is 3. The van der Waals surface area contributed by atoms with Gasteiger partial charge in [-0.1, -0.05) is 79.2 Å². The monoisotopic (exact) mass is 519 g/mol. The molecular weight excluding hydrogens is 487 g/mol. The van der Waals surface area contributed by atoms with E-state index < -0.39 is 17.7 Å². The zero-order valence-corrected chi connectivity index (χ0v) is 21.4. The third-order valence-electron chi connectivity index (χ3n) is 6.60. The number of alkyl halides is 3. The minimum Gasteiger partial charge on any atom is -0.481 e. The molecular formula is C32H32F3NO2. The van der Waals surface area contributed by atoms with Crippen molar-refractivity contribution in [1.29, 1.82) is 0 Å². The Bertz CT molecular complexity index is 1240. The lowest BCUT2D eigenvalue weighted by molar-refractivity contribution is -0.139. The smallest absolute Gasteiger partial charge is 0.416 e. The summed E-state index contributed by atoms with van der Waals surface area (Å²) in [6.45, 7) is 6.58. The largest absolute Gasteiger partial charge is 0.481 e. The molecule has 6 heteroatoms. The minimum absolute atomic E-state index is 0.00602. The fraction of sp³-hybridized carbons (Fsp3) is 0.281. The highest BCUT2D eigenvalue weighted by molar-refractivity contribution is 5.67. The highest BCUT2D eigenvalue weighted by Crippen LogP contribution is 2.38. The van der Waals surface area contributed by atoms with Gasteiger partial charge >= 0.3 is 12.1 Å². The topological polar surface area (TPSA) is 40.5 Å². The van der Waals surface area contributed by atoms with Crippen molar-refractivity contribution in [2.75, 3.05) is 6.54 Å². The predicted octanol–water partition coefficient (Wildman–Crippen LogP) is 8.00. The molecule has 3 nitrogen and oxygen atoms in total. The van der Waals surface area contributed by atoms with Gasteiger partial charge in [-0.25, -0.2) is 0 Å². The van der Waals surface area contributed by atoms with Crippen LogP contribution in [0.4, 0.5) is 13.2 Å². The molecule has 0 aliphatic carbocycles. The molecule has 1 aliphatic heterocycles. The molecule has 0 amide bonds. The van der Waals surface area contributed by atoms with Gasteiger partial charge in [-0.2, -0.15) is 13.2 Å². The lowest BCUT2D eigenvalue weighted by Gasteiger charge is -2.39. The lowest BCUT2D eigenvalue weighted by atomic mass is 9.84. The maximum absolute atomic E-state index is 13.0. The van der Waals surface area contributed by atoms with Crippen LogP contribution in [0.3, 0.4) is 0 Å². The van der Waals surface area contributed by atoms with Crippen LogP contribution >= 0.6 is 0 Å². The molecule has 1 aliphatic rings. The molecule has 38 heavy (non-hydrogen) atoms. The van der Waals surface area contributed by atoms with Crippen molar-refractivity contribution >= 4 is 5.97 Å². The van der Waals surface area contributed by atoms with Gasteiger partial charge in [0.25, 0.3) is 0 Å². The Hall–Kier alpha value is -3.82. The van der Waals surface area contributed by atoms with Gasteiger partial charge < -0.3 is 5.11 Å². The Morgan fingerprint density at radius 2 is 1.61 bits per heavy atom. The minimum atomic E-state index is -4.38. The second kappa shape index (κ2) is 13.1. The summed E-state index contributed by atoms with van der Waals surface area (Å²) in [5, 5.41) is 9.23. The molecule has 4 rings (SSSR count). The van der Waals surface area contributed by atoms with E-state index in [1.165, 1.54) is 12.1 Å². The van der Waals surface area contributed by atoms with E-state index in [1.54, 1.807) is 6.92 Å². The van der Waals surface area contributed by atoms with Crippen molar-refractivity contribution in [3.63, 3.8) is 0 Å². The van der Waals surface area contributed by atoms with Crippen molar-refractivity contribution in [2.24, 2.45) is 5.92 Å². The van der Waals surface area contributed by atoms with Gasteiger partial charge in [-0.05, 0) is 72.2 Å². The number of terminal acetylenes is 1. The standard InChI is InChI=1S/C27H26F3NO2.C5H6/c28-27(29,30)24-12-10-23(11-13-24)25-16-20(17-26(32)33)14-15-31(25)18-19-6-8-22(9-7-19)21-4-2-1-3-5-21;1-4-5(2)3/h1-13,20,25H,14-18H2,(H,32,33);1H,2H2,3H3. The number of piperidine rings is 1. The van der Waals surface area contributed by atoms with Crippen molar-refractivity contribution in [1.82, 2.24) is 4.90 Å². The normalized spacial score (nSPS) is 17.6. The molecule has 0 saturated carbocycles. The van der Waals surface area contributed by atoms with E-state index >= 15 is 0 Å². The number of carboxylic acids is 1. The Morgan fingerprint density at radius 3 is 2.13 bits per heavy atom. The summed E-state index contributed by atoms with van der Waals surface area (Å²) in [6, 6.07) is 23.6. The molecule has 0 spiro atoms. The first-order chi connectivity index (χ1) is 18.1. The van der Waals surface area contributed by atoms with Crippen LogP contribution < -0.4 is 0 Å². The van der Waals surface area contributed by atoms with E-state index in [2.05, 4.69) is 53.8 Å². The van der Waals surface area contributed by atoms with Crippen molar-refractivity contribution in [2.45, 2.75) is 44.9 Å². The zero-order valence-electron chi connectivity index (χ0n) is 21.4. The van der Waals surface area contributed by atoms with Gasteiger partial charge in [0.15, 0.2) is 0 Å². The number of aliphatic carboxylic acids is 1. The van der Waals surface area contributed by atoms with Gasteiger partial charge in [0, 0.05) is 19.0 Å². The SMILES string of the molecule is C#CC(=C)C.O=C(O)CC1CCN(Cc2ccc(-c3ccccc3)cc2)C(c2ccc(C(F)(F)F)cc2)C1. The molecule has 1 heterocycles. The number of allylic oxidation sites excluding steroid dienone is 1. The van der Waals surface area contributed by atoms with Gasteiger partial charge in [0.1, 0.15) is 0 Å². The summed E-state index contributed by atoms with van der Waals surface area (Å²) >= 11 is 0. The number of benzene rings is 3. The Kier molecular flexibility index (Phi) is 9.92. The number of rotatable bonds is 6. The summed E-state index contributed by atoms with van der Waals surface area (Å²) in [5.74, 6) is 1.50. The van der Waals surface area contributed by atoms with E-state index in [1.807, 2.05) is 18.2 Å². The Labute approximate surface area is 222 Å². The third kappa shape index (κ3) is 8.36. The first kappa shape index (κ1) is 28.7. The first-order valence-electron chi connectivity index (χ1n) is 12.5. The van der Waals surface area contributed by atoms with Crippen molar-refractivity contribution < 1.29 is 23.1 Å². The number of carbonyl (C=O) groups is 1. The van der Waals surface area contributed by atoms with Gasteiger partial charge in [0.05, 0.1) is 5.56 Å². The van der Waals surface area contributed by atoms with Crippen LogP contribution in [0, 0.1) is 18.3 Å². The second-order valence-corrected chi connectivity index (χ2v) is 9.58. The first-order valence-corrected chi connectivity index (χ1v) is 12.5. The molecule has 0 aromatic heterocycles. The number of nitrogens with zero attached hydrogens (tertiary/aromatic N) is 1. The predicted molar refractivity (Wildman–Crippen MR) is 145 cm³/mol. The lowest BCUT2D eigenvalue weighted by Crippen LogP contribution is -2.37. The summed E-state index contributed by atoms with van der Waals surface area (Å²) in [4.78, 5) is 13.5. The highest BCUT2D eigenvalue weighted by Gasteiger charge is 2.33. The van der Waals surface area contributed by atoms with E-state index in [0.29, 0.717) is 19.5 Å². The van der Waals surface area contributed by atoms with E-state index in [4.69, 9.17) is 6.42 Å². The van der Waals surface area contributed by atoms with Crippen molar-refractivity contribution in [3.8, 4) is 23.5 Å². The molecule has 3 aromatic carbocycles. The van der Waals surface area contributed by atoms with Crippen LogP contribution in [-0.4, -0.2) is 22.5 Å². The molecule has 0 radical (unpaired) electrons. The molecule has 2 unspecified atom stereocenters. The van der Waals surface area contributed by atoms with E-state index in [9.17, 15) is 23.1 Å². The average molecular weight is 520 g/mol. The van der Waals surface area contributed by atoms with E-state index in [0.717, 1.165) is 46.4 Å². The van der Waals surface area contributed by atoms with Crippen LogP contribution in [0.5, 0.6) is 0 Å². The highest BCUT2D eigenvalue weighted by atomic mass is 19.4. The number of hydrogen-bond donors (Lipinski definition) is 1. The summed E-state index contributed by atoms with van der Waals surface area (Å²) in [7, 11) is 0. The number of likely N-dealkylation sites (tertiary alicyclic amines) is 1. The van der Waals surface area contributed by atoms with Gasteiger partial charge in [-0.15, -0.1) is 6.42 Å². The molecule has 2 atom stereocenters. The van der Waals surface area contributed by atoms with Crippen LogP contribution in [0.2, 0.25) is 0 Å². The zero-order chi connectivity index (χ0) is 27.7. The molecule has 1 fully saturated rings. The fourth-order valence-electron chi connectivity index (χ4n) is 4.62. The second-order valence-electron chi connectivity index (χ2n) is 9.58. The molecule has 3 aromatic rings. The van der Waals surface area contributed by atoms with Crippen LogP contribution in [0.25, 0.3) is 11.1 Å². The average Bonchev–Trinajstić information content (AvgIpc) is 2.90. The Morgan fingerprint density at radius 1 is 1.03 bits per heavy atom. The molecule has 1 saturated heterocycles. The summed E-state index contributed by atoms with van der Waals surface area (Å²) in [5.41, 5.74) is 4.28. The third-order valence-corrected chi connectivity index (χ3v) is 6.60. The summed E-state index contributed by atoms with van der Waals surface area (Å²) in [6.07, 6.45) is 1.89. The van der Waals surface area contributed by atoms with Crippen LogP contribution in [0.15, 0.2) is 91.0 Å². The fourth-order valence-corrected chi connectivity index (χ4v) is 4.62. The van der Waals surface area contributed by atoms with Crippen molar-refractivity contribution in [3.05, 3.63) is 108 Å². The number of carboxylic acid groups (broad SMARTS) is 1. The molecule has 1 N–H and O–H groups in total. The maximum Gasteiger partial charge on any atom is 0.416 e. The summed E-state index contributed by atoms with van der Waals surface area (Å²) < 4.78 is 39.0. The number of hydrogen-bond acceptors (Lipinski definition) is 2. The van der Waals surface area contributed by atoms with Crippen LogP contribution in [-0.2, 0) is 17.5 Å². The van der Waals surface area contributed by atoms with Crippen LogP contribution in [0.1, 0.15) is 48.9 Å². The van der Waals surface area contributed by atoms with E-state index in [-0.39, 0.29) is 18.4 Å². The quantitative estimate of drug-likeness (QED) is 0.336.